The molecule has 1 aliphatic rings. The number of rotatable bonds is 5. The molecule has 2 rings (SSSR count). The van der Waals surface area contributed by atoms with Crippen LogP contribution in [0.25, 0.3) is 0 Å². The normalized spacial score (nSPS) is 17.9. The first kappa shape index (κ1) is 12.9. The summed E-state index contributed by atoms with van der Waals surface area (Å²) in [6.07, 6.45) is 0.675. The Kier molecular flexibility index (Phi) is 3.54. The van der Waals surface area contributed by atoms with Crippen LogP contribution in [0, 0.1) is 0 Å². The number of hydrogen-bond acceptors (Lipinski definition) is 4. The second-order valence-electron chi connectivity index (χ2n) is 4.66. The molecule has 1 amide bonds. The fourth-order valence-electron chi connectivity index (χ4n) is 1.69. The summed E-state index contributed by atoms with van der Waals surface area (Å²) in [7, 11) is 1.57. The van der Waals surface area contributed by atoms with Gasteiger partial charge in [0.2, 0.25) is 5.91 Å². The molecule has 1 aromatic carbocycles. The van der Waals surface area contributed by atoms with Gasteiger partial charge in [0.25, 0.3) is 0 Å². The van der Waals surface area contributed by atoms with E-state index >= 15 is 0 Å². The monoisotopic (exact) mass is 250 g/mol. The lowest BCUT2D eigenvalue weighted by molar-refractivity contribution is -0.123. The fraction of sp³-hybridized carbons (Fsp3) is 0.462. The third kappa shape index (κ3) is 2.80. The maximum absolute atomic E-state index is 11.6. The molecule has 4 N–H and O–H groups in total. The van der Waals surface area contributed by atoms with Gasteiger partial charge in [0.15, 0.2) is 0 Å². The summed E-state index contributed by atoms with van der Waals surface area (Å²) in [6.45, 7) is 0.158. The lowest BCUT2D eigenvalue weighted by Crippen LogP contribution is -2.44. The second-order valence-corrected chi connectivity index (χ2v) is 4.66. The second kappa shape index (κ2) is 4.96. The molecular formula is C13H18N2O3. The van der Waals surface area contributed by atoms with Crippen LogP contribution in [0.15, 0.2) is 24.3 Å². The van der Waals surface area contributed by atoms with Crippen LogP contribution >= 0.6 is 0 Å². The van der Waals surface area contributed by atoms with E-state index in [1.807, 2.05) is 0 Å². The van der Waals surface area contributed by atoms with Crippen molar-refractivity contribution in [1.29, 1.82) is 0 Å². The Bertz CT molecular complexity index is 444. The molecule has 0 saturated heterocycles. The number of hydrogen-bond donors (Lipinski definition) is 3. The molecule has 1 fully saturated rings. The van der Waals surface area contributed by atoms with Gasteiger partial charge in [-0.15, -0.1) is 0 Å². The van der Waals surface area contributed by atoms with Gasteiger partial charge in [-0.1, -0.05) is 12.1 Å². The van der Waals surface area contributed by atoms with E-state index in [0.717, 1.165) is 0 Å². The van der Waals surface area contributed by atoms with E-state index in [2.05, 4.69) is 5.32 Å². The Hall–Kier alpha value is -1.59. The predicted molar refractivity (Wildman–Crippen MR) is 67.1 cm³/mol. The lowest BCUT2D eigenvalue weighted by atomic mass is 10.1. The molecule has 1 aromatic rings. The summed E-state index contributed by atoms with van der Waals surface area (Å²) in [5, 5.41) is 12.6. The van der Waals surface area contributed by atoms with E-state index in [1.54, 1.807) is 31.4 Å². The van der Waals surface area contributed by atoms with Gasteiger partial charge in [-0.25, -0.2) is 0 Å². The highest BCUT2D eigenvalue weighted by molar-refractivity contribution is 5.88. The van der Waals surface area contributed by atoms with Crippen molar-refractivity contribution in [2.45, 2.75) is 24.5 Å². The highest BCUT2D eigenvalue weighted by atomic mass is 16.5. The molecular weight excluding hydrogens is 232 g/mol. The molecule has 5 heteroatoms. The number of carbonyl (C=O) groups excluding carboxylic acids is 1. The number of aliphatic hydroxyl groups excluding tert-OH is 1. The molecule has 0 aliphatic heterocycles. The van der Waals surface area contributed by atoms with Gasteiger partial charge in [0, 0.05) is 6.54 Å². The fourth-order valence-corrected chi connectivity index (χ4v) is 1.69. The van der Waals surface area contributed by atoms with Gasteiger partial charge in [-0.05, 0) is 30.5 Å². The van der Waals surface area contributed by atoms with E-state index < -0.39 is 11.6 Å². The van der Waals surface area contributed by atoms with Crippen LogP contribution in [0.1, 0.15) is 24.5 Å². The molecule has 0 heterocycles. The van der Waals surface area contributed by atoms with Crippen molar-refractivity contribution in [3.8, 4) is 5.75 Å². The van der Waals surface area contributed by atoms with Crippen molar-refractivity contribution in [3.05, 3.63) is 29.8 Å². The quantitative estimate of drug-likeness (QED) is 0.703. The first-order chi connectivity index (χ1) is 8.55. The molecule has 18 heavy (non-hydrogen) atoms. The van der Waals surface area contributed by atoms with Crippen LogP contribution in [-0.4, -0.2) is 30.2 Å². The predicted octanol–water partition coefficient (Wildman–Crippen LogP) is 0.336. The van der Waals surface area contributed by atoms with Crippen molar-refractivity contribution in [1.82, 2.24) is 5.32 Å². The van der Waals surface area contributed by atoms with Gasteiger partial charge in [-0.3, -0.25) is 4.79 Å². The number of nitrogens with two attached hydrogens (primary N) is 1. The summed E-state index contributed by atoms with van der Waals surface area (Å²) < 4.78 is 5.08. The molecule has 0 bridgehead atoms. The van der Waals surface area contributed by atoms with Crippen molar-refractivity contribution >= 4 is 5.91 Å². The maximum Gasteiger partial charge on any atom is 0.240 e. The van der Waals surface area contributed by atoms with Gasteiger partial charge >= 0.3 is 0 Å². The summed E-state index contributed by atoms with van der Waals surface area (Å²) >= 11 is 0. The molecule has 0 radical (unpaired) electrons. The van der Waals surface area contributed by atoms with Crippen LogP contribution in [0.3, 0.4) is 0 Å². The molecule has 0 aromatic heterocycles. The first-order valence-electron chi connectivity index (χ1n) is 5.94. The zero-order valence-electron chi connectivity index (χ0n) is 10.3. The highest BCUT2D eigenvalue weighted by Gasteiger charge is 2.45. The first-order valence-corrected chi connectivity index (χ1v) is 5.94. The zero-order chi connectivity index (χ0) is 13.2. The molecule has 1 atom stereocenters. The molecule has 0 spiro atoms. The maximum atomic E-state index is 11.6. The van der Waals surface area contributed by atoms with E-state index in [9.17, 15) is 9.90 Å². The topological polar surface area (TPSA) is 84.6 Å². The van der Waals surface area contributed by atoms with Crippen molar-refractivity contribution < 1.29 is 14.6 Å². The summed E-state index contributed by atoms with van der Waals surface area (Å²) in [5.74, 6) is 0.486. The SMILES string of the molecule is COc1cccc(C(O)CNC(=O)C2(N)CC2)c1. The minimum absolute atomic E-state index is 0.158. The molecule has 1 unspecified atom stereocenters. The van der Waals surface area contributed by atoms with Crippen molar-refractivity contribution in [2.24, 2.45) is 5.73 Å². The van der Waals surface area contributed by atoms with Crippen LogP contribution in [0.5, 0.6) is 5.75 Å². The molecule has 98 valence electrons. The van der Waals surface area contributed by atoms with Gasteiger partial charge in [-0.2, -0.15) is 0 Å². The lowest BCUT2D eigenvalue weighted by Gasteiger charge is -2.15. The summed E-state index contributed by atoms with van der Waals surface area (Å²) in [4.78, 5) is 11.6. The number of methoxy groups -OCH3 is 1. The number of nitrogens with one attached hydrogen (secondary N) is 1. The third-order valence-electron chi connectivity index (χ3n) is 3.18. The highest BCUT2D eigenvalue weighted by Crippen LogP contribution is 2.32. The standard InChI is InChI=1S/C13H18N2O3/c1-18-10-4-2-3-9(7-10)11(16)8-15-12(17)13(14)5-6-13/h2-4,7,11,16H,5-6,8,14H2,1H3,(H,15,17). The average Bonchev–Trinajstić information content (AvgIpc) is 3.15. The van der Waals surface area contributed by atoms with Crippen LogP contribution in [0.2, 0.25) is 0 Å². The number of amides is 1. The van der Waals surface area contributed by atoms with Gasteiger partial charge in [0.1, 0.15) is 5.75 Å². The smallest absolute Gasteiger partial charge is 0.240 e. The minimum atomic E-state index is -0.758. The molecule has 5 nitrogen and oxygen atoms in total. The van der Waals surface area contributed by atoms with Gasteiger partial charge < -0.3 is 20.9 Å². The van der Waals surface area contributed by atoms with E-state index in [0.29, 0.717) is 24.2 Å². The third-order valence-corrected chi connectivity index (χ3v) is 3.18. The number of carbonyl (C=O) groups is 1. The largest absolute Gasteiger partial charge is 0.497 e. The van der Waals surface area contributed by atoms with Crippen LogP contribution < -0.4 is 15.8 Å². The van der Waals surface area contributed by atoms with Gasteiger partial charge in [0.05, 0.1) is 18.8 Å². The number of aliphatic hydroxyl groups is 1. The average molecular weight is 250 g/mol. The number of benzene rings is 1. The van der Waals surface area contributed by atoms with E-state index in [4.69, 9.17) is 10.5 Å². The Morgan fingerprint density at radius 1 is 1.61 bits per heavy atom. The Labute approximate surface area is 106 Å². The van der Waals surface area contributed by atoms with E-state index in [-0.39, 0.29) is 12.5 Å². The minimum Gasteiger partial charge on any atom is -0.497 e. The Balaban J connectivity index is 1.90. The summed E-state index contributed by atoms with van der Waals surface area (Å²) in [5.41, 5.74) is 5.75. The molecule has 1 aliphatic carbocycles. The van der Waals surface area contributed by atoms with Crippen molar-refractivity contribution in [2.75, 3.05) is 13.7 Å². The Morgan fingerprint density at radius 2 is 2.33 bits per heavy atom. The Morgan fingerprint density at radius 3 is 2.94 bits per heavy atom. The number of ether oxygens (including phenoxy) is 1. The van der Waals surface area contributed by atoms with Crippen LogP contribution in [0.4, 0.5) is 0 Å². The van der Waals surface area contributed by atoms with Crippen LogP contribution in [-0.2, 0) is 4.79 Å². The van der Waals surface area contributed by atoms with Crippen molar-refractivity contribution in [3.63, 3.8) is 0 Å². The molecule has 1 saturated carbocycles. The van der Waals surface area contributed by atoms with E-state index in [1.165, 1.54) is 0 Å². The zero-order valence-corrected chi connectivity index (χ0v) is 10.3. The summed E-state index contributed by atoms with van der Waals surface area (Å²) in [6, 6.07) is 7.12.